The van der Waals surface area contributed by atoms with Crippen molar-refractivity contribution in [1.82, 2.24) is 26.6 Å². The van der Waals surface area contributed by atoms with Gasteiger partial charge in [-0.3, -0.25) is 24.0 Å². The first kappa shape index (κ1) is 59.0. The fourth-order valence-corrected chi connectivity index (χ4v) is 7.15. The number of hydrogen-bond acceptors (Lipinski definition) is 15. The smallest absolute Gasteiger partial charge is 0.155 e. The molecule has 0 rings (SSSR count). The Morgan fingerprint density at radius 2 is 0.640 bits per heavy atom. The minimum absolute atomic E-state index is 0.0559. The second-order valence-electron chi connectivity index (χ2n) is 32.3. The molecule has 86 heavy (non-hydrogen) atoms. The van der Waals surface area contributed by atoms with Crippen LogP contribution in [0.1, 0.15) is 338 Å². The molecule has 0 aromatic heterocycles. The summed E-state index contributed by atoms with van der Waals surface area (Å²) in [6.45, 7) is 52.1. The summed E-state index contributed by atoms with van der Waals surface area (Å²) < 4.78 is 159. The molecule has 6 atom stereocenters. The number of ketones is 5. The van der Waals surface area contributed by atoms with E-state index in [1.54, 1.807) is 104 Å². The summed E-state index contributed by atoms with van der Waals surface area (Å²) in [5.74, 6) is -1.41. The number of carbonyl (C=O) groups excluding carboxylic acids is 5. The average molecular weight is 1250 g/mol. The summed E-state index contributed by atoms with van der Waals surface area (Å²) in [7, 11) is 0. The Morgan fingerprint density at radius 3 is 0.930 bits per heavy atom. The minimum Gasteiger partial charge on any atom is -0.330 e. The first-order chi connectivity index (χ1) is 45.5. The second-order valence-corrected chi connectivity index (χ2v) is 32.3. The van der Waals surface area contributed by atoms with Gasteiger partial charge in [-0.05, 0) is 207 Å². The normalized spacial score (nSPS) is 20.8. The van der Waals surface area contributed by atoms with E-state index < -0.39 is 157 Å². The fourth-order valence-electron chi connectivity index (χ4n) is 7.15. The summed E-state index contributed by atoms with van der Waals surface area (Å²) >= 11 is 0. The van der Waals surface area contributed by atoms with E-state index in [2.05, 4.69) is 26.6 Å². The van der Waals surface area contributed by atoms with Crippen LogP contribution in [0.25, 0.3) is 0 Å². The van der Waals surface area contributed by atoms with Crippen molar-refractivity contribution in [3.8, 4) is 0 Å². The maximum Gasteiger partial charge on any atom is 0.155 e. The zero-order valence-corrected chi connectivity index (χ0v) is 60.8. The lowest BCUT2D eigenvalue weighted by Crippen LogP contribution is -2.50. The van der Waals surface area contributed by atoms with Gasteiger partial charge in [0.1, 0.15) is 0 Å². The molecule has 0 saturated heterocycles. The Labute approximate surface area is 562 Å². The Hall–Kier alpha value is -2.05. The molecular formula is C71H152N10O5. The molecule has 0 aromatic rings. The van der Waals surface area contributed by atoms with Gasteiger partial charge in [0.05, 0.1) is 32.9 Å². The summed E-state index contributed by atoms with van der Waals surface area (Å²) in [5.41, 5.74) is 21.0. The van der Waals surface area contributed by atoms with Gasteiger partial charge in [0.15, 0.2) is 28.9 Å². The molecule has 0 radical (unpaired) electrons. The molecule has 0 aliphatic rings. The highest BCUT2D eigenvalue weighted by Gasteiger charge is 2.36. The van der Waals surface area contributed by atoms with Crippen LogP contribution >= 0.6 is 0 Å². The molecule has 15 N–H and O–H groups in total. The van der Waals surface area contributed by atoms with E-state index >= 15 is 0 Å². The molecule has 0 heterocycles. The zero-order chi connectivity index (χ0) is 87.3. The topological polar surface area (TPSA) is 276 Å². The van der Waals surface area contributed by atoms with Gasteiger partial charge in [0, 0.05) is 85.5 Å². The number of nitrogens with two attached hydrogens (primary N) is 5. The van der Waals surface area contributed by atoms with E-state index in [-0.39, 0.29) is 46.4 Å². The van der Waals surface area contributed by atoms with Crippen molar-refractivity contribution >= 4 is 28.9 Å². The van der Waals surface area contributed by atoms with Gasteiger partial charge in [-0.2, -0.15) is 0 Å². The first-order valence-corrected chi connectivity index (χ1v) is 30.8. The first-order valence-electron chi connectivity index (χ1n) is 40.8. The predicted octanol–water partition coefficient (Wildman–Crippen LogP) is 12.8. The van der Waals surface area contributed by atoms with Crippen molar-refractivity contribution in [3.05, 3.63) is 0 Å². The highest BCUT2D eigenvalue weighted by atomic mass is 16.1. The van der Waals surface area contributed by atoms with Crippen LogP contribution in [0.15, 0.2) is 0 Å². The molecular weight excluding hydrogens is 1070 g/mol. The standard InChI is InChI=1S/C15H32N2O.4C14H30N2O/c1-11(16)9-8-10-12(17-15(5,6)7)13(18)14(2,3)4;4*1-13(2,3)12(17)11(9-7-8-10-15)16-14(4,5)6/h11-12,17H,8-10,16H2,1-7H3;4*11,16H,7-10,15H2,1-6H3/t11?,12-;4*11-/m00000/s1/i12D;7D2,8D2,9D2,10D2;7D2,8D2,11D;7D2,8D2;9D2. The van der Waals surface area contributed by atoms with Crippen LogP contribution in [0.5, 0.6) is 0 Å². The van der Waals surface area contributed by atoms with Crippen molar-refractivity contribution < 1.29 is 51.4 Å². The third kappa shape index (κ3) is 54.8. The lowest BCUT2D eigenvalue weighted by Gasteiger charge is -2.32. The quantitative estimate of drug-likeness (QED) is 0.0320. The largest absolute Gasteiger partial charge is 0.330 e. The molecule has 1 unspecified atom stereocenters. The summed E-state index contributed by atoms with van der Waals surface area (Å²) in [6.07, 6.45) is -18.4. The number of carbonyl (C=O) groups is 5. The third-order valence-corrected chi connectivity index (χ3v) is 11.0. The molecule has 0 amide bonds. The van der Waals surface area contributed by atoms with Crippen LogP contribution in [-0.2, 0) is 24.0 Å². The van der Waals surface area contributed by atoms with E-state index in [9.17, 15) is 24.0 Å². The van der Waals surface area contributed by atoms with E-state index in [0.717, 1.165) is 12.8 Å². The zero-order valence-electron chi connectivity index (χ0n) is 80.8. The Kier molecular flexibility index (Phi) is 28.9. The maximum atomic E-state index is 12.8. The lowest BCUT2D eigenvalue weighted by atomic mass is 9.83. The maximum absolute atomic E-state index is 12.8. The molecule has 0 bridgehead atoms. The van der Waals surface area contributed by atoms with Crippen molar-refractivity contribution in [1.29, 1.82) is 0 Å². The van der Waals surface area contributed by atoms with Crippen LogP contribution in [0.2, 0.25) is 0 Å². The highest BCUT2D eigenvalue weighted by molar-refractivity contribution is 5.90. The van der Waals surface area contributed by atoms with Crippen LogP contribution in [-0.4, -0.2) is 119 Å². The highest BCUT2D eigenvalue weighted by Crippen LogP contribution is 2.26. The van der Waals surface area contributed by atoms with Gasteiger partial charge in [0.25, 0.3) is 0 Å². The van der Waals surface area contributed by atoms with Crippen LogP contribution in [0.3, 0.4) is 0 Å². The Morgan fingerprint density at radius 1 is 0.337 bits per heavy atom. The van der Waals surface area contributed by atoms with Gasteiger partial charge < -0.3 is 55.3 Å². The van der Waals surface area contributed by atoms with Crippen molar-refractivity contribution in [2.24, 2.45) is 55.7 Å². The van der Waals surface area contributed by atoms with Gasteiger partial charge in [-0.25, -0.2) is 0 Å². The molecule has 0 aliphatic carbocycles. The van der Waals surface area contributed by atoms with Crippen molar-refractivity contribution in [2.75, 3.05) is 26.1 Å². The van der Waals surface area contributed by atoms with E-state index in [0.29, 0.717) is 25.8 Å². The van der Waals surface area contributed by atoms with E-state index in [1.165, 1.54) is 0 Å². The monoisotopic (exact) mass is 1250 g/mol. The number of hydrogen-bond donors (Lipinski definition) is 10. The third-order valence-electron chi connectivity index (χ3n) is 11.0. The molecule has 15 nitrogen and oxygen atoms in total. The lowest BCUT2D eigenvalue weighted by molar-refractivity contribution is -0.129. The molecule has 0 spiro atoms. The SMILES string of the molecule is [2H]C([2H])(CCCN)[C@H](NC(C)(C)C)C(=O)C(C)(C)C.[2H]C([2H])(CN)C([2H])([2H])C[C@H](NC(C)(C)C)C(=O)C(C)(C)C.[2H]C([2H])(CN)C([2H])([2H])C[C@]([2H])(NC(C)(C)C)C(=O)C(C)(C)C.[2H]C([2H])(N)C([2H])([2H])C([2H])([2H])C([2H])([2H])[C@H](NC(C)(C)C)C(=O)C(C)(C)C.[2H][C@@](CCCC(C)N)(NC(C)(C)C)C(=O)C(C)(C)C. The van der Waals surface area contributed by atoms with Crippen molar-refractivity contribution in [2.45, 2.75) is 374 Å². The van der Waals surface area contributed by atoms with Gasteiger partial charge in [-0.1, -0.05) is 129 Å². The fraction of sp³-hybridized carbons (Fsp3) is 0.930. The minimum atomic E-state index is -3.40. The predicted molar refractivity (Wildman–Crippen MR) is 375 cm³/mol. The molecule has 0 saturated carbocycles. The molecule has 516 valence electrons. The summed E-state index contributed by atoms with van der Waals surface area (Å²) in [6, 6.07) is -6.34. The van der Waals surface area contributed by atoms with E-state index in [4.69, 9.17) is 56.1 Å². The summed E-state index contributed by atoms with van der Waals surface area (Å²) in [5, 5.41) is 15.1. The summed E-state index contributed by atoms with van der Waals surface area (Å²) in [4.78, 5) is 63.1. The molecule has 0 aliphatic heterocycles. The molecule has 0 fully saturated rings. The average Bonchev–Trinajstić information content (AvgIpc) is 0.727. The number of nitrogens with one attached hydrogen (secondary N) is 5. The molecule has 15 heteroatoms. The van der Waals surface area contributed by atoms with Crippen LogP contribution in [0, 0.1) is 27.1 Å². The number of rotatable bonds is 30. The van der Waals surface area contributed by atoms with Crippen LogP contribution < -0.4 is 55.3 Å². The number of Topliss-reactive ketones (excluding diaryl/α,β-unsaturated/α-hetero) is 5. The van der Waals surface area contributed by atoms with Gasteiger partial charge in [-0.15, -0.1) is 0 Å². The van der Waals surface area contributed by atoms with Gasteiger partial charge >= 0.3 is 0 Å². The van der Waals surface area contributed by atoms with Crippen molar-refractivity contribution in [3.63, 3.8) is 0 Å². The van der Waals surface area contributed by atoms with E-state index in [1.807, 2.05) is 111 Å². The second kappa shape index (κ2) is 42.2. The van der Waals surface area contributed by atoms with Crippen LogP contribution in [0.4, 0.5) is 0 Å². The Bertz CT molecular complexity index is 2740. The molecule has 0 aromatic carbocycles. The van der Waals surface area contributed by atoms with Gasteiger partial charge in [0.2, 0.25) is 0 Å². The Balaban J connectivity index is -0.000000402.